The van der Waals surface area contributed by atoms with Crippen molar-refractivity contribution in [2.45, 2.75) is 50.0 Å². The van der Waals surface area contributed by atoms with Gasteiger partial charge in [-0.15, -0.1) is 0 Å². The average Bonchev–Trinajstić information content (AvgIpc) is 3.24. The third kappa shape index (κ3) is 4.51. The lowest BCUT2D eigenvalue weighted by Crippen LogP contribution is -2.46. The van der Waals surface area contributed by atoms with Crippen LogP contribution in [0.4, 0.5) is 0 Å². The van der Waals surface area contributed by atoms with Crippen molar-refractivity contribution in [3.8, 4) is 0 Å². The molecule has 4 rings (SSSR count). The Labute approximate surface area is 182 Å². The highest BCUT2D eigenvalue weighted by molar-refractivity contribution is 7.89. The first-order valence-corrected chi connectivity index (χ1v) is 12.9. The number of amides is 1. The molecule has 8 nitrogen and oxygen atoms in total. The van der Waals surface area contributed by atoms with Gasteiger partial charge in [0.05, 0.1) is 11.7 Å². The number of aromatic nitrogens is 2. The van der Waals surface area contributed by atoms with Crippen LogP contribution in [-0.2, 0) is 14.8 Å². The predicted molar refractivity (Wildman–Crippen MR) is 117 cm³/mol. The molecule has 30 heavy (non-hydrogen) atoms. The molecule has 2 saturated heterocycles. The van der Waals surface area contributed by atoms with Gasteiger partial charge in [0.25, 0.3) is 0 Å². The van der Waals surface area contributed by atoms with E-state index < -0.39 is 10.0 Å². The van der Waals surface area contributed by atoms with E-state index in [1.54, 1.807) is 18.2 Å². The van der Waals surface area contributed by atoms with E-state index in [0.29, 0.717) is 49.6 Å². The number of sulfonamides is 1. The molecule has 10 heteroatoms. The number of rotatable bonds is 6. The van der Waals surface area contributed by atoms with E-state index in [9.17, 15) is 13.2 Å². The molecule has 1 N–H and O–H groups in total. The lowest BCUT2D eigenvalue weighted by molar-refractivity contribution is -0.126. The number of benzene rings is 1. The van der Waals surface area contributed by atoms with Crippen molar-refractivity contribution < 1.29 is 13.2 Å². The summed E-state index contributed by atoms with van der Waals surface area (Å²) in [6.07, 6.45) is 4.83. The minimum Gasteiger partial charge on any atom is -0.355 e. The van der Waals surface area contributed by atoms with Gasteiger partial charge in [0.1, 0.15) is 15.9 Å². The second kappa shape index (κ2) is 9.25. The van der Waals surface area contributed by atoms with E-state index in [0.717, 1.165) is 24.8 Å². The number of carbonyl (C=O) groups excluding carboxylic acids is 1. The number of likely N-dealkylation sites (tertiary alicyclic amines) is 1. The van der Waals surface area contributed by atoms with Gasteiger partial charge in [-0.2, -0.15) is 13.1 Å². The van der Waals surface area contributed by atoms with E-state index in [4.69, 9.17) is 0 Å². The molecule has 2 fully saturated rings. The molecule has 2 aliphatic rings. The van der Waals surface area contributed by atoms with E-state index in [2.05, 4.69) is 25.9 Å². The standard InChI is InChI=1S/C20H29N5O3S2/c1-15-5-2-3-11-24(15)14-10-21-20(26)16-8-12-25(13-9-16)30(27,28)18-7-4-6-17-19(18)23-29-22-17/h4,6-7,15-16H,2-3,5,8-14H2,1H3,(H,21,26)/t15-/m1/s1. The number of fused-ring (bicyclic) bond motifs is 1. The first-order valence-electron chi connectivity index (χ1n) is 10.7. The van der Waals surface area contributed by atoms with Crippen molar-refractivity contribution in [1.82, 2.24) is 23.3 Å². The van der Waals surface area contributed by atoms with Crippen LogP contribution in [0.5, 0.6) is 0 Å². The molecule has 0 unspecified atom stereocenters. The van der Waals surface area contributed by atoms with Crippen molar-refractivity contribution in [2.24, 2.45) is 5.92 Å². The van der Waals surface area contributed by atoms with Crippen molar-refractivity contribution in [3.05, 3.63) is 18.2 Å². The zero-order chi connectivity index (χ0) is 21.1. The third-order valence-electron chi connectivity index (χ3n) is 6.33. The maximum absolute atomic E-state index is 13.1. The fourth-order valence-electron chi connectivity index (χ4n) is 4.44. The Morgan fingerprint density at radius 1 is 1.17 bits per heavy atom. The van der Waals surface area contributed by atoms with Crippen LogP contribution in [0.3, 0.4) is 0 Å². The first-order chi connectivity index (χ1) is 14.5. The number of piperidine rings is 2. The molecule has 0 aliphatic carbocycles. The normalized spacial score (nSPS) is 22.4. The van der Waals surface area contributed by atoms with E-state index >= 15 is 0 Å². The number of hydrogen-bond donors (Lipinski definition) is 1. The molecule has 1 atom stereocenters. The van der Waals surface area contributed by atoms with Gasteiger partial charge in [0.2, 0.25) is 15.9 Å². The summed E-state index contributed by atoms with van der Waals surface area (Å²) < 4.78 is 36.0. The summed E-state index contributed by atoms with van der Waals surface area (Å²) in [7, 11) is -3.65. The molecule has 0 bridgehead atoms. The van der Waals surface area contributed by atoms with Gasteiger partial charge in [-0.3, -0.25) is 9.69 Å². The van der Waals surface area contributed by atoms with E-state index in [1.807, 2.05) is 0 Å². The monoisotopic (exact) mass is 451 g/mol. The van der Waals surface area contributed by atoms with Crippen LogP contribution >= 0.6 is 11.7 Å². The summed E-state index contributed by atoms with van der Waals surface area (Å²) in [6.45, 7) is 5.58. The second-order valence-electron chi connectivity index (χ2n) is 8.24. The van der Waals surface area contributed by atoms with Crippen LogP contribution in [-0.4, -0.2) is 71.0 Å². The Morgan fingerprint density at radius 3 is 2.73 bits per heavy atom. The number of hydrogen-bond acceptors (Lipinski definition) is 7. The highest BCUT2D eigenvalue weighted by atomic mass is 32.2. The molecule has 2 aromatic rings. The van der Waals surface area contributed by atoms with Crippen molar-refractivity contribution >= 4 is 38.7 Å². The van der Waals surface area contributed by atoms with Crippen LogP contribution < -0.4 is 5.32 Å². The minimum atomic E-state index is -3.65. The molecule has 0 radical (unpaired) electrons. The first kappa shape index (κ1) is 21.6. The average molecular weight is 452 g/mol. The lowest BCUT2D eigenvalue weighted by atomic mass is 9.97. The van der Waals surface area contributed by atoms with Crippen LogP contribution in [0.25, 0.3) is 11.0 Å². The van der Waals surface area contributed by atoms with Gasteiger partial charge in [0.15, 0.2) is 0 Å². The van der Waals surface area contributed by atoms with Gasteiger partial charge < -0.3 is 5.32 Å². The molecule has 3 heterocycles. The number of carbonyl (C=O) groups is 1. The Kier molecular flexibility index (Phi) is 6.66. The van der Waals surface area contributed by atoms with E-state index in [-0.39, 0.29) is 16.7 Å². The van der Waals surface area contributed by atoms with Crippen LogP contribution in [0.15, 0.2) is 23.1 Å². The zero-order valence-corrected chi connectivity index (χ0v) is 18.9. The minimum absolute atomic E-state index is 0.0440. The van der Waals surface area contributed by atoms with Crippen LogP contribution in [0, 0.1) is 5.92 Å². The summed E-state index contributed by atoms with van der Waals surface area (Å²) in [5.74, 6) is -0.0885. The highest BCUT2D eigenvalue weighted by Crippen LogP contribution is 2.28. The van der Waals surface area contributed by atoms with Crippen molar-refractivity contribution in [3.63, 3.8) is 0 Å². The Bertz CT molecular complexity index is 985. The molecule has 164 valence electrons. The Balaban J connectivity index is 1.30. The highest BCUT2D eigenvalue weighted by Gasteiger charge is 2.33. The Hall–Kier alpha value is -1.62. The molecular weight excluding hydrogens is 422 g/mol. The molecular formula is C20H29N5O3S2. The second-order valence-corrected chi connectivity index (χ2v) is 10.7. The topological polar surface area (TPSA) is 95.5 Å². The summed E-state index contributed by atoms with van der Waals surface area (Å²) >= 11 is 1.01. The largest absolute Gasteiger partial charge is 0.355 e. The molecule has 1 aromatic carbocycles. The smallest absolute Gasteiger partial charge is 0.245 e. The molecule has 2 aliphatic heterocycles. The van der Waals surface area contributed by atoms with Crippen molar-refractivity contribution in [2.75, 3.05) is 32.7 Å². The summed E-state index contributed by atoms with van der Waals surface area (Å²) in [5.41, 5.74) is 1.02. The van der Waals surface area contributed by atoms with Crippen molar-refractivity contribution in [1.29, 1.82) is 0 Å². The van der Waals surface area contributed by atoms with Gasteiger partial charge in [0, 0.05) is 38.1 Å². The molecule has 1 aromatic heterocycles. The summed E-state index contributed by atoms with van der Waals surface area (Å²) in [5, 5.41) is 3.06. The van der Waals surface area contributed by atoms with Gasteiger partial charge >= 0.3 is 0 Å². The quantitative estimate of drug-likeness (QED) is 0.723. The predicted octanol–water partition coefficient (Wildman–Crippen LogP) is 2.08. The Morgan fingerprint density at radius 2 is 1.97 bits per heavy atom. The molecule has 1 amide bonds. The van der Waals surface area contributed by atoms with Gasteiger partial charge in [-0.1, -0.05) is 12.5 Å². The van der Waals surface area contributed by atoms with Crippen LogP contribution in [0.1, 0.15) is 39.0 Å². The van der Waals surface area contributed by atoms with Crippen LogP contribution in [0.2, 0.25) is 0 Å². The maximum atomic E-state index is 13.1. The zero-order valence-electron chi connectivity index (χ0n) is 17.3. The maximum Gasteiger partial charge on any atom is 0.245 e. The number of nitrogens with zero attached hydrogens (tertiary/aromatic N) is 4. The molecule has 0 spiro atoms. The lowest BCUT2D eigenvalue weighted by Gasteiger charge is -2.34. The fourth-order valence-corrected chi connectivity index (χ4v) is 6.67. The fraction of sp³-hybridized carbons (Fsp3) is 0.650. The molecule has 0 saturated carbocycles. The summed E-state index contributed by atoms with van der Waals surface area (Å²) in [6, 6.07) is 5.62. The SMILES string of the molecule is C[C@@H]1CCCCN1CCNC(=O)C1CCN(S(=O)(=O)c2cccc3nsnc23)CC1. The van der Waals surface area contributed by atoms with Gasteiger partial charge in [-0.25, -0.2) is 8.42 Å². The summed E-state index contributed by atoms with van der Waals surface area (Å²) in [4.78, 5) is 15.2. The number of nitrogens with one attached hydrogen (secondary N) is 1. The third-order valence-corrected chi connectivity index (χ3v) is 8.80. The van der Waals surface area contributed by atoms with Gasteiger partial charge in [-0.05, 0) is 51.3 Å². The van der Waals surface area contributed by atoms with E-state index in [1.165, 1.54) is 23.6 Å².